The molecule has 0 atom stereocenters. The lowest BCUT2D eigenvalue weighted by Gasteiger charge is -2.17. The highest BCUT2D eigenvalue weighted by molar-refractivity contribution is 6.04. The number of nitrogens with zero attached hydrogens (tertiary/aromatic N) is 3. The van der Waals surface area contributed by atoms with Gasteiger partial charge in [-0.05, 0) is 38.5 Å². The molecule has 0 aliphatic rings. The first-order valence-corrected chi connectivity index (χ1v) is 7.17. The molecule has 0 fully saturated rings. The molecule has 1 amide bonds. The minimum atomic E-state index is -0.655. The van der Waals surface area contributed by atoms with Crippen LogP contribution in [0.2, 0.25) is 0 Å². The average molecular weight is 310 g/mol. The van der Waals surface area contributed by atoms with E-state index < -0.39 is 11.7 Å². The second-order valence-corrected chi connectivity index (χ2v) is 5.96. The average Bonchev–Trinajstić information content (AvgIpc) is 2.99. The van der Waals surface area contributed by atoms with Gasteiger partial charge in [-0.2, -0.15) is 10.3 Å². The molecule has 0 aliphatic heterocycles. The number of nitrogens with one attached hydrogen (secondary N) is 1. The van der Waals surface area contributed by atoms with Gasteiger partial charge in [0.25, 0.3) is 0 Å². The third-order valence-electron chi connectivity index (χ3n) is 2.85. The number of rotatable bonds is 3. The Kier molecular flexibility index (Phi) is 4.91. The molecule has 0 aliphatic carbocycles. The summed E-state index contributed by atoms with van der Waals surface area (Å²) in [5, 5.41) is 8.84. The predicted octanol–water partition coefficient (Wildman–Crippen LogP) is 3.25. The number of aromatic amines is 1. The number of carbonyl (C=O) groups is 1. The van der Waals surface area contributed by atoms with Crippen molar-refractivity contribution in [1.29, 1.82) is 5.26 Å². The summed E-state index contributed by atoms with van der Waals surface area (Å²) in [6.07, 6.45) is 3.01. The van der Waals surface area contributed by atoms with Crippen LogP contribution in [-0.2, 0) is 11.2 Å². The Bertz CT molecular complexity index is 732. The van der Waals surface area contributed by atoms with Crippen LogP contribution in [0, 0.1) is 11.3 Å². The van der Waals surface area contributed by atoms with Crippen molar-refractivity contribution >= 4 is 11.8 Å². The van der Waals surface area contributed by atoms with Crippen LogP contribution in [0.15, 0.2) is 41.7 Å². The molecule has 0 spiro atoms. The predicted molar refractivity (Wildman–Crippen MR) is 86.2 cm³/mol. The van der Waals surface area contributed by atoms with Crippen LogP contribution in [0.5, 0.6) is 0 Å². The van der Waals surface area contributed by atoms with Crippen LogP contribution < -0.4 is 0 Å². The normalized spacial score (nSPS) is 11.8. The Morgan fingerprint density at radius 3 is 2.57 bits per heavy atom. The Labute approximate surface area is 134 Å². The zero-order valence-electron chi connectivity index (χ0n) is 13.3. The Morgan fingerprint density at radius 1 is 1.35 bits per heavy atom. The van der Waals surface area contributed by atoms with Crippen molar-refractivity contribution in [1.82, 2.24) is 9.97 Å². The van der Waals surface area contributed by atoms with E-state index in [4.69, 9.17) is 10.00 Å². The molecule has 1 aromatic heterocycles. The van der Waals surface area contributed by atoms with E-state index in [0.29, 0.717) is 23.5 Å². The van der Waals surface area contributed by atoms with Crippen LogP contribution in [0.4, 0.5) is 4.79 Å². The monoisotopic (exact) mass is 310 g/mol. The number of benzene rings is 1. The molecular weight excluding hydrogens is 292 g/mol. The first-order valence-electron chi connectivity index (χ1n) is 7.17. The first kappa shape index (κ1) is 16.4. The molecule has 0 saturated carbocycles. The quantitative estimate of drug-likeness (QED) is 0.881. The molecule has 2 rings (SSSR count). The summed E-state index contributed by atoms with van der Waals surface area (Å²) in [7, 11) is 0. The summed E-state index contributed by atoms with van der Waals surface area (Å²) >= 11 is 0. The number of hydrogen-bond donors (Lipinski definition) is 1. The van der Waals surface area contributed by atoms with Crippen molar-refractivity contribution in [2.75, 3.05) is 0 Å². The van der Waals surface area contributed by atoms with E-state index in [2.05, 4.69) is 21.0 Å². The summed E-state index contributed by atoms with van der Waals surface area (Å²) in [6, 6.07) is 9.17. The molecule has 1 aromatic carbocycles. The highest BCUT2D eigenvalue weighted by Gasteiger charge is 2.17. The van der Waals surface area contributed by atoms with Gasteiger partial charge in [0, 0.05) is 18.8 Å². The number of H-pyrrole nitrogens is 1. The lowest BCUT2D eigenvalue weighted by Crippen LogP contribution is -2.23. The van der Waals surface area contributed by atoms with E-state index in [1.54, 1.807) is 45.3 Å². The topological polar surface area (TPSA) is 91.1 Å². The van der Waals surface area contributed by atoms with Gasteiger partial charge in [0.1, 0.15) is 5.60 Å². The molecule has 2 aromatic rings. The summed E-state index contributed by atoms with van der Waals surface area (Å²) in [5.74, 6) is 0.514. The van der Waals surface area contributed by atoms with Crippen LogP contribution in [0.3, 0.4) is 0 Å². The maximum Gasteiger partial charge on any atom is 0.434 e. The van der Waals surface area contributed by atoms with Gasteiger partial charge >= 0.3 is 6.09 Å². The Balaban J connectivity index is 2.24. The van der Waals surface area contributed by atoms with Crippen LogP contribution in [0.1, 0.15) is 37.7 Å². The second-order valence-electron chi connectivity index (χ2n) is 5.96. The maximum absolute atomic E-state index is 12.0. The van der Waals surface area contributed by atoms with Crippen molar-refractivity contribution in [2.24, 2.45) is 4.99 Å². The lowest BCUT2D eigenvalue weighted by atomic mass is 10.1. The van der Waals surface area contributed by atoms with Crippen molar-refractivity contribution in [3.63, 3.8) is 0 Å². The molecule has 1 heterocycles. The fourth-order valence-corrected chi connectivity index (χ4v) is 1.88. The third kappa shape index (κ3) is 5.08. The maximum atomic E-state index is 12.0. The fourth-order valence-electron chi connectivity index (χ4n) is 1.88. The first-order chi connectivity index (χ1) is 10.9. The van der Waals surface area contributed by atoms with E-state index in [1.165, 1.54) is 0 Å². The van der Waals surface area contributed by atoms with Gasteiger partial charge in [0.05, 0.1) is 17.3 Å². The Morgan fingerprint density at radius 2 is 2.04 bits per heavy atom. The molecule has 1 N–H and O–H groups in total. The minimum Gasteiger partial charge on any atom is -0.442 e. The summed E-state index contributed by atoms with van der Waals surface area (Å²) in [5.41, 5.74) is 1.37. The number of aromatic nitrogens is 2. The van der Waals surface area contributed by atoms with Gasteiger partial charge in [0.2, 0.25) is 0 Å². The van der Waals surface area contributed by atoms with E-state index in [-0.39, 0.29) is 0 Å². The molecule has 0 radical (unpaired) electrons. The van der Waals surface area contributed by atoms with E-state index in [0.717, 1.165) is 5.56 Å². The zero-order chi connectivity index (χ0) is 16.9. The molecule has 6 nitrogen and oxygen atoms in total. The summed E-state index contributed by atoms with van der Waals surface area (Å²) < 4.78 is 5.23. The van der Waals surface area contributed by atoms with E-state index in [9.17, 15) is 4.79 Å². The summed E-state index contributed by atoms with van der Waals surface area (Å²) in [4.78, 5) is 23.1. The lowest BCUT2D eigenvalue weighted by molar-refractivity contribution is 0.0604. The Hall–Kier alpha value is -2.94. The number of hydrogen-bond acceptors (Lipinski definition) is 4. The molecule has 0 bridgehead atoms. The SMILES string of the molecule is CC(C)(C)OC(=O)/N=C(/Cc1ccc(C#N)cc1)c1ncc[nH]1. The van der Waals surface area contributed by atoms with Gasteiger partial charge in [-0.3, -0.25) is 0 Å². The van der Waals surface area contributed by atoms with Crippen LogP contribution in [0.25, 0.3) is 0 Å². The zero-order valence-corrected chi connectivity index (χ0v) is 13.3. The van der Waals surface area contributed by atoms with Crippen molar-refractivity contribution in [3.05, 3.63) is 53.6 Å². The summed E-state index contributed by atoms with van der Waals surface area (Å²) in [6.45, 7) is 5.36. The molecule has 0 saturated heterocycles. The smallest absolute Gasteiger partial charge is 0.434 e. The van der Waals surface area contributed by atoms with Crippen LogP contribution in [-0.4, -0.2) is 27.4 Å². The van der Waals surface area contributed by atoms with Gasteiger partial charge in [-0.15, -0.1) is 0 Å². The van der Waals surface area contributed by atoms with E-state index in [1.807, 2.05) is 12.1 Å². The minimum absolute atomic E-state index is 0.401. The largest absolute Gasteiger partial charge is 0.442 e. The molecular formula is C17H18N4O2. The third-order valence-corrected chi connectivity index (χ3v) is 2.85. The number of aliphatic imine (C=N–C) groups is 1. The second kappa shape index (κ2) is 6.88. The van der Waals surface area contributed by atoms with Gasteiger partial charge in [-0.25, -0.2) is 9.78 Å². The number of carbonyl (C=O) groups excluding carboxylic acids is 1. The number of amides is 1. The fraction of sp³-hybridized carbons (Fsp3) is 0.294. The molecule has 0 unspecified atom stereocenters. The number of nitriles is 1. The van der Waals surface area contributed by atoms with Gasteiger partial charge < -0.3 is 9.72 Å². The molecule has 23 heavy (non-hydrogen) atoms. The van der Waals surface area contributed by atoms with Crippen LogP contribution >= 0.6 is 0 Å². The van der Waals surface area contributed by atoms with Crippen molar-refractivity contribution in [2.45, 2.75) is 32.8 Å². The van der Waals surface area contributed by atoms with Crippen molar-refractivity contribution < 1.29 is 9.53 Å². The standard InChI is InChI=1S/C17H18N4O2/c1-17(2,3)23-16(22)21-14(15-19-8-9-20-15)10-12-4-6-13(11-18)7-5-12/h4-9H,10H2,1-3H3,(H,19,20)/b21-14-. The molecule has 118 valence electrons. The van der Waals surface area contributed by atoms with Gasteiger partial charge in [-0.1, -0.05) is 12.1 Å². The highest BCUT2D eigenvalue weighted by Crippen LogP contribution is 2.11. The molecule has 6 heteroatoms. The van der Waals surface area contributed by atoms with E-state index >= 15 is 0 Å². The number of ether oxygens (including phenoxy) is 1. The highest BCUT2D eigenvalue weighted by atomic mass is 16.6. The van der Waals surface area contributed by atoms with Gasteiger partial charge in [0.15, 0.2) is 5.82 Å². The van der Waals surface area contributed by atoms with Crippen molar-refractivity contribution in [3.8, 4) is 6.07 Å². The number of imidazole rings is 1.